The summed E-state index contributed by atoms with van der Waals surface area (Å²) in [5.74, 6) is 2.82. The maximum atomic E-state index is 13.6. The minimum Gasteiger partial charge on any atom is -0.462 e. The molecule has 3 saturated carbocycles. The maximum absolute atomic E-state index is 13.6. The van der Waals surface area contributed by atoms with E-state index in [2.05, 4.69) is 38.2 Å². The monoisotopic (exact) mass is 1040 g/mol. The van der Waals surface area contributed by atoms with E-state index in [0.29, 0.717) is 70.9 Å². The normalized spacial score (nSPS) is 23.8. The topological polar surface area (TPSA) is 147 Å². The second kappa shape index (κ2) is 31.2. The molecule has 3 aliphatic heterocycles. The predicted molar refractivity (Wildman–Crippen MR) is 297 cm³/mol. The van der Waals surface area contributed by atoms with Gasteiger partial charge >= 0.3 is 6.09 Å². The number of halogens is 3. The lowest BCUT2D eigenvalue weighted by Gasteiger charge is -2.33. The van der Waals surface area contributed by atoms with E-state index in [0.717, 1.165) is 103 Å². The summed E-state index contributed by atoms with van der Waals surface area (Å²) in [6.07, 6.45) is 22.7. The fourth-order valence-corrected chi connectivity index (χ4v) is 8.79. The van der Waals surface area contributed by atoms with Gasteiger partial charge in [-0.15, -0.1) is 0 Å². The highest BCUT2D eigenvalue weighted by atomic mass is 19.1. The second-order valence-corrected chi connectivity index (χ2v) is 22.7. The van der Waals surface area contributed by atoms with E-state index in [9.17, 15) is 27.6 Å². The molecule has 0 radical (unpaired) electrons. The average molecular weight is 1040 g/mol. The molecule has 11 nitrogen and oxygen atoms in total. The first kappa shape index (κ1) is 60.7. The van der Waals surface area contributed by atoms with Crippen LogP contribution in [0, 0.1) is 53.0 Å². The Morgan fingerprint density at radius 2 is 1.01 bits per heavy atom. The first-order chi connectivity index (χ1) is 35.9. The summed E-state index contributed by atoms with van der Waals surface area (Å²) in [5.41, 5.74) is 6.85. The predicted octanol–water partition coefficient (Wildman–Crippen LogP) is 10.6. The van der Waals surface area contributed by atoms with Gasteiger partial charge in [0.1, 0.15) is 34.9 Å². The quantitative estimate of drug-likeness (QED) is 0.0989. The Labute approximate surface area is 446 Å². The highest BCUT2D eigenvalue weighted by Gasteiger charge is 2.36. The molecular formula is C61H87F3N6O5. The van der Waals surface area contributed by atoms with Crippen LogP contribution >= 0.6 is 0 Å². The smallest absolute Gasteiger partial charge is 0.410 e. The summed E-state index contributed by atoms with van der Waals surface area (Å²) < 4.78 is 50.2. The lowest BCUT2D eigenvalue weighted by Crippen LogP contribution is -2.43. The Bertz CT molecular complexity index is 2260. The number of carbonyl (C=O) groups excluding carboxylic acids is 3. The van der Waals surface area contributed by atoms with Crippen molar-refractivity contribution in [2.75, 3.05) is 52.4 Å². The van der Waals surface area contributed by atoms with E-state index < -0.39 is 5.60 Å². The Morgan fingerprint density at radius 1 is 0.613 bits per heavy atom. The van der Waals surface area contributed by atoms with Crippen LogP contribution < -0.4 is 27.0 Å². The van der Waals surface area contributed by atoms with E-state index in [1.807, 2.05) is 95.0 Å². The van der Waals surface area contributed by atoms with Crippen LogP contribution in [0.3, 0.4) is 0 Å². The van der Waals surface area contributed by atoms with Gasteiger partial charge in [-0.25, -0.2) is 18.0 Å². The van der Waals surface area contributed by atoms with Crippen molar-refractivity contribution in [3.05, 3.63) is 125 Å². The molecule has 6 atom stereocenters. The molecule has 1 amide bonds. The van der Waals surface area contributed by atoms with Crippen LogP contribution in [0.15, 0.2) is 91.0 Å². The largest absolute Gasteiger partial charge is 0.462 e. The molecule has 6 fully saturated rings. The number of hydrogen-bond donors (Lipinski definition) is 5. The fraction of sp³-hybridized carbons (Fsp3) is 0.557. The maximum Gasteiger partial charge on any atom is 0.410 e. The highest BCUT2D eigenvalue weighted by molar-refractivity contribution is 5.68. The minimum absolute atomic E-state index is 0.136. The molecule has 6 unspecified atom stereocenters. The summed E-state index contributed by atoms with van der Waals surface area (Å²) in [6, 6.07) is 21.9. The number of hydrogen-bond acceptors (Lipinski definition) is 10. The van der Waals surface area contributed by atoms with Crippen molar-refractivity contribution in [3.63, 3.8) is 0 Å². The van der Waals surface area contributed by atoms with Crippen molar-refractivity contribution < 1.29 is 37.0 Å². The molecule has 0 spiro atoms. The first-order valence-electron chi connectivity index (χ1n) is 27.4. The van der Waals surface area contributed by atoms with E-state index in [1.54, 1.807) is 30.3 Å². The van der Waals surface area contributed by atoms with Gasteiger partial charge in [-0.3, -0.25) is 4.79 Å². The fourth-order valence-electron chi connectivity index (χ4n) is 8.79. The van der Waals surface area contributed by atoms with Gasteiger partial charge in [0.15, 0.2) is 0 Å². The van der Waals surface area contributed by atoms with Crippen molar-refractivity contribution in [2.45, 2.75) is 129 Å². The van der Waals surface area contributed by atoms with Crippen LogP contribution in [0.1, 0.15) is 116 Å². The average Bonchev–Trinajstić information content (AvgIpc) is 4.34. The van der Waals surface area contributed by atoms with Gasteiger partial charge in [0, 0.05) is 53.8 Å². The molecule has 9 rings (SSSR count). The lowest BCUT2D eigenvalue weighted by atomic mass is 9.97. The third-order valence-electron chi connectivity index (χ3n) is 13.9. The molecule has 14 heteroatoms. The van der Waals surface area contributed by atoms with E-state index in [-0.39, 0.29) is 29.1 Å². The number of amides is 1. The van der Waals surface area contributed by atoms with E-state index in [1.165, 1.54) is 37.5 Å². The van der Waals surface area contributed by atoms with Crippen LogP contribution in [0.4, 0.5) is 18.0 Å². The SMILES string of the molecule is CC(C)(C)OC(=O)N1CCC(CNC2CC2/C=C/c2ccccc2F)CC1.CC(C)(C)OC=O.Fc1ccccc1/C=C/C1CC1NCC1CCNCC1.NC1CC1/C=C/c1ccccc1F.O=CC1CCNCC1. The Balaban J connectivity index is 0.000000189. The third kappa shape index (κ3) is 24.6. The molecule has 75 heavy (non-hydrogen) atoms. The Kier molecular flexibility index (Phi) is 25.3. The van der Waals surface area contributed by atoms with Crippen molar-refractivity contribution >= 4 is 37.1 Å². The van der Waals surface area contributed by atoms with Crippen molar-refractivity contribution in [3.8, 4) is 0 Å². The summed E-state index contributed by atoms with van der Waals surface area (Å²) >= 11 is 0. The molecule has 3 aliphatic carbocycles. The van der Waals surface area contributed by atoms with Gasteiger partial charge in [-0.2, -0.15) is 0 Å². The molecule has 3 saturated heterocycles. The minimum atomic E-state index is -0.438. The van der Waals surface area contributed by atoms with E-state index in [4.69, 9.17) is 10.5 Å². The van der Waals surface area contributed by atoms with Crippen molar-refractivity contribution in [1.29, 1.82) is 0 Å². The van der Waals surface area contributed by atoms with Gasteiger partial charge in [0.05, 0.1) is 0 Å². The van der Waals surface area contributed by atoms with E-state index >= 15 is 0 Å². The number of benzene rings is 3. The zero-order chi connectivity index (χ0) is 54.2. The summed E-state index contributed by atoms with van der Waals surface area (Å²) in [5, 5.41) is 13.9. The Hall–Kier alpha value is -5.12. The summed E-state index contributed by atoms with van der Waals surface area (Å²) in [6.45, 7) is 19.6. The highest BCUT2D eigenvalue weighted by Crippen LogP contribution is 2.34. The molecule has 3 aromatic carbocycles. The first-order valence-corrected chi connectivity index (χ1v) is 27.4. The lowest BCUT2D eigenvalue weighted by molar-refractivity contribution is -0.138. The van der Waals surface area contributed by atoms with Crippen molar-refractivity contribution in [2.24, 2.45) is 41.2 Å². The zero-order valence-electron chi connectivity index (χ0n) is 45.5. The molecule has 0 aromatic heterocycles. The number of piperidine rings is 3. The van der Waals surface area contributed by atoms with Gasteiger partial charge in [-0.1, -0.05) is 91.1 Å². The van der Waals surface area contributed by atoms with Crippen LogP contribution in [0.2, 0.25) is 0 Å². The molecule has 412 valence electrons. The summed E-state index contributed by atoms with van der Waals surface area (Å²) in [7, 11) is 0. The van der Waals surface area contributed by atoms with Crippen LogP contribution in [0.25, 0.3) is 18.2 Å². The number of nitrogens with two attached hydrogens (primary N) is 1. The van der Waals surface area contributed by atoms with Crippen LogP contribution in [-0.2, 0) is 19.1 Å². The van der Waals surface area contributed by atoms with Gasteiger partial charge in [0.2, 0.25) is 0 Å². The van der Waals surface area contributed by atoms with Gasteiger partial charge in [-0.05, 0) is 186 Å². The third-order valence-corrected chi connectivity index (χ3v) is 13.9. The van der Waals surface area contributed by atoms with Gasteiger partial charge < -0.3 is 46.2 Å². The van der Waals surface area contributed by atoms with Crippen molar-refractivity contribution in [1.82, 2.24) is 26.2 Å². The molecule has 3 aromatic rings. The number of nitrogens with zero attached hydrogens (tertiary/aromatic N) is 1. The standard InChI is InChI=1S/C22H31FN2O2.C17H23FN2.C11H12FN.C6H11NO.C5H10O2/c1-22(2,3)27-21(26)25-12-10-16(11-13-25)15-24-20-14-18(20)9-8-17-6-4-5-7-19(17)23;18-16-4-2-1-3-14(16)5-6-15-11-17(15)20-12-13-7-9-19-10-8-13;12-10-4-2-1-3-8(10)5-6-9-7-11(9)13;8-5-6-1-3-7-4-2-6;1-5(2,3)7-4-6/h4-9,16,18,20,24H,10-15H2,1-3H3;1-6,13,15,17,19-20H,7-12H2;1-6,9,11H,7,13H2;5-7H,1-4H2;4H,1-3H3/b9-8+;2*6-5+;;. The number of nitrogens with one attached hydrogen (secondary N) is 4. The number of rotatable bonds is 14. The molecular weight excluding hydrogens is 954 g/mol. The number of ether oxygens (including phenoxy) is 2. The number of likely N-dealkylation sites (tertiary alicyclic amines) is 1. The molecule has 0 bridgehead atoms. The molecule has 3 heterocycles. The second-order valence-electron chi connectivity index (χ2n) is 22.7. The Morgan fingerprint density at radius 3 is 1.36 bits per heavy atom. The summed E-state index contributed by atoms with van der Waals surface area (Å²) in [4.78, 5) is 33.7. The van der Waals surface area contributed by atoms with Crippen LogP contribution in [-0.4, -0.2) is 105 Å². The molecule has 6 N–H and O–H groups in total. The zero-order valence-corrected chi connectivity index (χ0v) is 45.5. The molecule has 6 aliphatic rings. The van der Waals surface area contributed by atoms with Gasteiger partial charge in [0.25, 0.3) is 6.47 Å². The number of carbonyl (C=O) groups is 3. The number of aldehydes is 1. The van der Waals surface area contributed by atoms with Crippen LogP contribution in [0.5, 0.6) is 0 Å².